The Balaban J connectivity index is 1.42. The van der Waals surface area contributed by atoms with Crippen LogP contribution >= 0.6 is 0 Å². The molecule has 1 fully saturated rings. The molecule has 3 aromatic carbocycles. The number of rotatable bonds is 10. The minimum absolute atomic E-state index is 0.0610. The number of fused-ring (bicyclic) bond motifs is 1. The van der Waals surface area contributed by atoms with Crippen molar-refractivity contribution in [2.24, 2.45) is 5.73 Å². The third-order valence-corrected chi connectivity index (χ3v) is 8.36. The van der Waals surface area contributed by atoms with Crippen molar-refractivity contribution in [1.82, 2.24) is 14.5 Å². The van der Waals surface area contributed by atoms with Gasteiger partial charge in [-0.15, -0.1) is 0 Å². The molecule has 4 N–H and O–H groups in total. The first-order chi connectivity index (χ1) is 20.3. The maximum atomic E-state index is 13.9. The second-order valence-electron chi connectivity index (χ2n) is 11.4. The highest BCUT2D eigenvalue weighted by atomic mass is 16.1. The number of amides is 1. The lowest BCUT2D eigenvalue weighted by Gasteiger charge is -2.39. The standard InChI is InChI=1S/C34H40N6O2/c1-23-11-9-12-24(2)39(23)19-7-4-8-20-40-30-22-28(37-33(41)25-13-5-3-6-14-25)17-18-29(30)38-31(34(40)42)26-15-10-16-27(21-26)32(35)36/h3,5-6,10,13-18,21-24H,4,7-9,11-12,19-20H2,1-2H3,(H3,35,36)(H,37,41)/t23-,24+. The summed E-state index contributed by atoms with van der Waals surface area (Å²) in [6, 6.07) is 22.9. The number of amidine groups is 1. The monoisotopic (exact) mass is 564 g/mol. The number of benzene rings is 3. The summed E-state index contributed by atoms with van der Waals surface area (Å²) in [5.74, 6) is -0.273. The quantitative estimate of drug-likeness (QED) is 0.123. The Kier molecular flexibility index (Phi) is 9.12. The van der Waals surface area contributed by atoms with E-state index in [0.717, 1.165) is 25.8 Å². The SMILES string of the molecule is C[C@@H]1CCC[C@H](C)N1CCCCCn1c(=O)c(-c2cccc(C(=N)N)c2)nc2ccc(NC(=O)c3ccccc3)cc21. The van der Waals surface area contributed by atoms with E-state index < -0.39 is 0 Å². The topological polar surface area (TPSA) is 117 Å². The van der Waals surface area contributed by atoms with Gasteiger partial charge in [-0.3, -0.25) is 19.9 Å². The number of aromatic nitrogens is 2. The Morgan fingerprint density at radius 3 is 2.38 bits per heavy atom. The molecule has 8 nitrogen and oxygen atoms in total. The molecule has 2 atom stereocenters. The fourth-order valence-corrected chi connectivity index (χ4v) is 6.01. The fraction of sp³-hybridized carbons (Fsp3) is 0.353. The second-order valence-corrected chi connectivity index (χ2v) is 11.4. The van der Waals surface area contributed by atoms with E-state index >= 15 is 0 Å². The molecule has 0 spiro atoms. The Bertz CT molecular complexity index is 1620. The Hall–Kier alpha value is -4.30. The van der Waals surface area contributed by atoms with Gasteiger partial charge < -0.3 is 15.6 Å². The molecule has 1 aromatic heterocycles. The van der Waals surface area contributed by atoms with Crippen molar-refractivity contribution in [1.29, 1.82) is 5.41 Å². The molecule has 1 aliphatic rings. The molecule has 0 aliphatic carbocycles. The van der Waals surface area contributed by atoms with Gasteiger partial charge in [0.05, 0.1) is 11.0 Å². The minimum atomic E-state index is -0.212. The molecule has 4 aromatic rings. The maximum absolute atomic E-state index is 13.9. The first-order valence-corrected chi connectivity index (χ1v) is 14.9. The predicted octanol–water partition coefficient (Wildman–Crippen LogP) is 6.03. The average molecular weight is 565 g/mol. The van der Waals surface area contributed by atoms with E-state index in [0.29, 0.717) is 57.7 Å². The van der Waals surface area contributed by atoms with Gasteiger partial charge in [0, 0.05) is 41.0 Å². The zero-order valence-corrected chi connectivity index (χ0v) is 24.5. The molecule has 0 unspecified atom stereocenters. The van der Waals surface area contributed by atoms with Crippen molar-refractivity contribution in [3.8, 4) is 11.3 Å². The fourth-order valence-electron chi connectivity index (χ4n) is 6.01. The largest absolute Gasteiger partial charge is 0.384 e. The number of carbonyl (C=O) groups excluding carboxylic acids is 1. The van der Waals surface area contributed by atoms with Crippen LogP contribution in [0, 0.1) is 5.41 Å². The third-order valence-electron chi connectivity index (χ3n) is 8.36. The van der Waals surface area contributed by atoms with Gasteiger partial charge in [-0.2, -0.15) is 0 Å². The van der Waals surface area contributed by atoms with Crippen LogP contribution in [0.1, 0.15) is 68.3 Å². The van der Waals surface area contributed by atoms with Crippen LogP contribution in [0.2, 0.25) is 0 Å². The molecule has 5 rings (SSSR count). The van der Waals surface area contributed by atoms with Crippen molar-refractivity contribution in [2.75, 3.05) is 11.9 Å². The zero-order valence-electron chi connectivity index (χ0n) is 24.5. The van der Waals surface area contributed by atoms with Crippen LogP contribution in [0.5, 0.6) is 0 Å². The van der Waals surface area contributed by atoms with Crippen LogP contribution in [-0.4, -0.2) is 44.8 Å². The van der Waals surface area contributed by atoms with Crippen LogP contribution in [0.4, 0.5) is 5.69 Å². The molecular weight excluding hydrogens is 524 g/mol. The number of carbonyl (C=O) groups is 1. The Labute approximate surface area is 247 Å². The van der Waals surface area contributed by atoms with E-state index in [-0.39, 0.29) is 17.3 Å². The number of nitrogens with zero attached hydrogens (tertiary/aromatic N) is 3. The maximum Gasteiger partial charge on any atom is 0.277 e. The van der Waals surface area contributed by atoms with E-state index in [1.807, 2.05) is 42.5 Å². The van der Waals surface area contributed by atoms with Crippen molar-refractivity contribution >= 4 is 28.5 Å². The van der Waals surface area contributed by atoms with Crippen LogP contribution < -0.4 is 16.6 Å². The van der Waals surface area contributed by atoms with Crippen molar-refractivity contribution < 1.29 is 4.79 Å². The predicted molar refractivity (Wildman–Crippen MR) is 170 cm³/mol. The number of unbranched alkanes of at least 4 members (excludes halogenated alkanes) is 2. The van der Waals surface area contributed by atoms with E-state index in [2.05, 4.69) is 24.1 Å². The van der Waals surface area contributed by atoms with Gasteiger partial charge in [0.2, 0.25) is 0 Å². The Morgan fingerprint density at radius 2 is 1.64 bits per heavy atom. The molecule has 1 amide bonds. The van der Waals surface area contributed by atoms with E-state index in [9.17, 15) is 9.59 Å². The van der Waals surface area contributed by atoms with Gasteiger partial charge in [0.25, 0.3) is 11.5 Å². The molecule has 1 saturated heterocycles. The number of nitrogens with one attached hydrogen (secondary N) is 2. The van der Waals surface area contributed by atoms with Crippen LogP contribution in [0.15, 0.2) is 77.6 Å². The molecular formula is C34H40N6O2. The summed E-state index contributed by atoms with van der Waals surface area (Å²) in [5, 5.41) is 10.8. The molecule has 1 aliphatic heterocycles. The third kappa shape index (κ3) is 6.60. The number of hydrogen-bond acceptors (Lipinski definition) is 5. The molecule has 0 radical (unpaired) electrons. The Morgan fingerprint density at radius 1 is 0.929 bits per heavy atom. The van der Waals surface area contributed by atoms with Gasteiger partial charge in [0.15, 0.2) is 0 Å². The number of anilines is 1. The van der Waals surface area contributed by atoms with E-state index in [1.54, 1.807) is 34.9 Å². The van der Waals surface area contributed by atoms with E-state index in [1.165, 1.54) is 19.3 Å². The van der Waals surface area contributed by atoms with Gasteiger partial charge in [0.1, 0.15) is 11.5 Å². The number of aryl methyl sites for hydroxylation is 1. The van der Waals surface area contributed by atoms with Gasteiger partial charge in [-0.25, -0.2) is 4.98 Å². The molecule has 0 saturated carbocycles. The van der Waals surface area contributed by atoms with Crippen LogP contribution in [0.3, 0.4) is 0 Å². The highest BCUT2D eigenvalue weighted by molar-refractivity contribution is 6.05. The number of nitrogens with two attached hydrogens (primary N) is 1. The van der Waals surface area contributed by atoms with Crippen LogP contribution in [-0.2, 0) is 6.54 Å². The molecule has 218 valence electrons. The summed E-state index contributed by atoms with van der Waals surface area (Å²) in [7, 11) is 0. The smallest absolute Gasteiger partial charge is 0.277 e. The second kappa shape index (κ2) is 13.1. The van der Waals surface area contributed by atoms with Crippen LogP contribution in [0.25, 0.3) is 22.3 Å². The van der Waals surface area contributed by atoms with Crippen molar-refractivity contribution in [3.63, 3.8) is 0 Å². The summed E-state index contributed by atoms with van der Waals surface area (Å²) >= 11 is 0. The average Bonchev–Trinajstić information content (AvgIpc) is 2.99. The van der Waals surface area contributed by atoms with Gasteiger partial charge in [-0.05, 0) is 82.5 Å². The minimum Gasteiger partial charge on any atom is -0.384 e. The summed E-state index contributed by atoms with van der Waals surface area (Å²) in [5.41, 5.74) is 9.51. The number of likely N-dealkylation sites (tertiary alicyclic amines) is 1. The summed E-state index contributed by atoms with van der Waals surface area (Å²) in [6.45, 7) is 6.27. The first-order valence-electron chi connectivity index (χ1n) is 14.9. The zero-order chi connectivity index (χ0) is 29.6. The highest BCUT2D eigenvalue weighted by Crippen LogP contribution is 2.24. The number of nitrogen functional groups attached to an aromatic ring is 1. The first kappa shape index (κ1) is 29.2. The molecule has 0 bridgehead atoms. The summed E-state index contributed by atoms with van der Waals surface area (Å²) in [6.07, 6.45) is 6.77. The molecule has 42 heavy (non-hydrogen) atoms. The lowest BCUT2D eigenvalue weighted by molar-refractivity contribution is 0.101. The lowest BCUT2D eigenvalue weighted by Crippen LogP contribution is -2.44. The molecule has 2 heterocycles. The summed E-state index contributed by atoms with van der Waals surface area (Å²) in [4.78, 5) is 34.1. The number of hydrogen-bond donors (Lipinski definition) is 3. The van der Waals surface area contributed by atoms with Gasteiger partial charge >= 0.3 is 0 Å². The van der Waals surface area contributed by atoms with Crippen molar-refractivity contribution in [3.05, 3.63) is 94.3 Å². The van der Waals surface area contributed by atoms with Gasteiger partial charge in [-0.1, -0.05) is 49.2 Å². The van der Waals surface area contributed by atoms with E-state index in [4.69, 9.17) is 16.1 Å². The lowest BCUT2D eigenvalue weighted by atomic mass is 9.97. The normalized spacial score (nSPS) is 17.3. The summed E-state index contributed by atoms with van der Waals surface area (Å²) < 4.78 is 1.78. The highest BCUT2D eigenvalue weighted by Gasteiger charge is 2.23. The number of piperidine rings is 1. The molecule has 8 heteroatoms. The van der Waals surface area contributed by atoms with Crippen molar-refractivity contribution in [2.45, 2.75) is 71.0 Å².